The Hall–Kier alpha value is -3.14. The summed E-state index contributed by atoms with van der Waals surface area (Å²) in [6, 6.07) is 6.93. The van der Waals surface area contributed by atoms with Crippen molar-refractivity contribution in [3.8, 4) is 0 Å². The summed E-state index contributed by atoms with van der Waals surface area (Å²) in [5.74, 6) is -0.714. The zero-order chi connectivity index (χ0) is 24.4. The summed E-state index contributed by atoms with van der Waals surface area (Å²) < 4.78 is 3.74. The minimum Gasteiger partial charge on any atom is -0.384 e. The van der Waals surface area contributed by atoms with Crippen LogP contribution < -0.4 is 22.5 Å². The number of rotatable bonds is 8. The van der Waals surface area contributed by atoms with Gasteiger partial charge < -0.3 is 5.73 Å². The third kappa shape index (κ3) is 4.66. The van der Waals surface area contributed by atoms with Crippen LogP contribution in [-0.2, 0) is 13.6 Å². The molecule has 0 fully saturated rings. The molecule has 0 amide bonds. The third-order valence-corrected chi connectivity index (χ3v) is 6.50. The molecule has 176 valence electrons. The summed E-state index contributed by atoms with van der Waals surface area (Å²) in [7, 11) is 1.33. The number of hydrogen-bond donors (Lipinski definition) is 1. The topological polar surface area (TPSA) is 122 Å². The van der Waals surface area contributed by atoms with Crippen LogP contribution >= 0.6 is 11.8 Å². The summed E-state index contributed by atoms with van der Waals surface area (Å²) >= 11 is 1.08. The van der Waals surface area contributed by atoms with Gasteiger partial charge in [0, 0.05) is 19.6 Å². The van der Waals surface area contributed by atoms with Gasteiger partial charge in [-0.2, -0.15) is 0 Å². The molecule has 0 aliphatic heterocycles. The van der Waals surface area contributed by atoms with Crippen LogP contribution in [0.5, 0.6) is 0 Å². The van der Waals surface area contributed by atoms with Crippen molar-refractivity contribution in [2.24, 2.45) is 13.0 Å². The van der Waals surface area contributed by atoms with Gasteiger partial charge in [0.25, 0.3) is 11.1 Å². The molecule has 0 radical (unpaired) electrons. The van der Waals surface area contributed by atoms with Gasteiger partial charge in [-0.05, 0) is 31.4 Å². The Balaban J connectivity index is 2.04. The first-order chi connectivity index (χ1) is 15.6. The maximum Gasteiger partial charge on any atom is 0.332 e. The van der Waals surface area contributed by atoms with E-state index in [4.69, 9.17) is 5.73 Å². The van der Waals surface area contributed by atoms with E-state index in [2.05, 4.69) is 4.98 Å². The highest BCUT2D eigenvalue weighted by molar-refractivity contribution is 7.99. The summed E-state index contributed by atoms with van der Waals surface area (Å²) in [6.45, 7) is 7.99. The number of thioether (sulfide) groups is 1. The second kappa shape index (κ2) is 9.78. The third-order valence-electron chi connectivity index (χ3n) is 5.55. The number of anilines is 1. The number of Topliss-reactive ketones (excluding diaryl/α,β-unsaturated/α-hetero) is 1. The van der Waals surface area contributed by atoms with Crippen molar-refractivity contribution in [1.82, 2.24) is 18.7 Å². The van der Waals surface area contributed by atoms with Gasteiger partial charge in [-0.15, -0.1) is 0 Å². The number of nitrogen functional groups attached to an aromatic ring is 1. The first kappa shape index (κ1) is 24.5. The highest BCUT2D eigenvalue weighted by Gasteiger charge is 2.23. The van der Waals surface area contributed by atoms with Gasteiger partial charge in [0.15, 0.2) is 10.9 Å². The number of carbonyl (C=O) groups is 1. The molecule has 9 nitrogen and oxygen atoms in total. The molecule has 1 aromatic carbocycles. The molecule has 2 heterocycles. The number of para-hydroxylation sites is 1. The van der Waals surface area contributed by atoms with Gasteiger partial charge in [-0.25, -0.2) is 9.78 Å². The molecule has 3 rings (SSSR count). The normalized spacial score (nSPS) is 12.4. The van der Waals surface area contributed by atoms with Gasteiger partial charge in [0.05, 0.1) is 16.7 Å². The average molecular weight is 472 g/mol. The summed E-state index contributed by atoms with van der Waals surface area (Å²) in [5.41, 5.74) is 4.98. The highest BCUT2D eigenvalue weighted by atomic mass is 32.2. The Bertz CT molecular complexity index is 1390. The molecular formula is C23H29N5O4S. The lowest BCUT2D eigenvalue weighted by atomic mass is 10.2. The average Bonchev–Trinajstić information content (AvgIpc) is 2.78. The number of ketones is 1. The zero-order valence-corrected chi connectivity index (χ0v) is 20.3. The van der Waals surface area contributed by atoms with E-state index in [9.17, 15) is 19.2 Å². The Labute approximate surface area is 195 Å². The van der Waals surface area contributed by atoms with Crippen molar-refractivity contribution in [3.63, 3.8) is 0 Å². The number of aromatic nitrogens is 4. The maximum absolute atomic E-state index is 13.1. The standard InChI is InChI=1S/C23H29N5O4S/c1-6-14(4)28-20(30)15-9-7-8-10-16(15)25-22(28)33-12-17(29)18-19(24)27(11-13(2)3)23(32)26(5)21(18)31/h7-10,13-14H,6,11-12,24H2,1-5H3. The zero-order valence-electron chi connectivity index (χ0n) is 19.5. The van der Waals surface area contributed by atoms with E-state index in [0.29, 0.717) is 22.5 Å². The maximum atomic E-state index is 13.1. The van der Waals surface area contributed by atoms with Crippen LogP contribution in [0, 0.1) is 5.92 Å². The van der Waals surface area contributed by atoms with E-state index in [1.807, 2.05) is 27.7 Å². The number of nitrogens with zero attached hydrogens (tertiary/aromatic N) is 4. The Kier molecular flexibility index (Phi) is 7.26. The van der Waals surface area contributed by atoms with Crippen LogP contribution in [0.25, 0.3) is 10.9 Å². The van der Waals surface area contributed by atoms with E-state index >= 15 is 0 Å². The molecule has 0 saturated carbocycles. The van der Waals surface area contributed by atoms with E-state index in [-0.39, 0.29) is 41.2 Å². The lowest BCUT2D eigenvalue weighted by molar-refractivity contribution is 0.102. The molecule has 1 atom stereocenters. The predicted octanol–water partition coefficient (Wildman–Crippen LogP) is 2.44. The van der Waals surface area contributed by atoms with E-state index in [0.717, 1.165) is 16.3 Å². The summed E-state index contributed by atoms with van der Waals surface area (Å²) in [6.07, 6.45) is 0.703. The molecule has 2 N–H and O–H groups in total. The van der Waals surface area contributed by atoms with Crippen LogP contribution in [0.2, 0.25) is 0 Å². The molecule has 0 saturated heterocycles. The number of benzene rings is 1. The molecule has 33 heavy (non-hydrogen) atoms. The summed E-state index contributed by atoms with van der Waals surface area (Å²) in [5, 5.41) is 0.902. The predicted molar refractivity (Wildman–Crippen MR) is 131 cm³/mol. The molecule has 0 aliphatic rings. The summed E-state index contributed by atoms with van der Waals surface area (Å²) in [4.78, 5) is 56.1. The molecule has 1 unspecified atom stereocenters. The molecule has 0 aliphatic carbocycles. The first-order valence-corrected chi connectivity index (χ1v) is 11.8. The van der Waals surface area contributed by atoms with E-state index < -0.39 is 17.0 Å². The lowest BCUT2D eigenvalue weighted by Gasteiger charge is -2.18. The molecular weight excluding hydrogens is 442 g/mol. The van der Waals surface area contributed by atoms with Crippen LogP contribution in [0.3, 0.4) is 0 Å². The fraction of sp³-hybridized carbons (Fsp3) is 0.435. The van der Waals surface area contributed by atoms with Crippen molar-refractivity contribution in [2.75, 3.05) is 11.5 Å². The minimum absolute atomic E-state index is 0.0894. The molecule has 3 aromatic rings. The second-order valence-corrected chi connectivity index (χ2v) is 9.41. The SMILES string of the molecule is CCC(C)n1c(SCC(=O)c2c(N)n(CC(C)C)c(=O)n(C)c2=O)nc2ccccc2c1=O. The fourth-order valence-electron chi connectivity index (χ4n) is 3.59. The van der Waals surface area contributed by atoms with Crippen LogP contribution in [0.4, 0.5) is 5.82 Å². The largest absolute Gasteiger partial charge is 0.384 e. The van der Waals surface area contributed by atoms with Crippen molar-refractivity contribution in [2.45, 2.75) is 51.9 Å². The Morgan fingerprint density at radius 1 is 1.12 bits per heavy atom. The van der Waals surface area contributed by atoms with Crippen molar-refractivity contribution in [1.29, 1.82) is 0 Å². The van der Waals surface area contributed by atoms with Crippen molar-refractivity contribution < 1.29 is 4.79 Å². The van der Waals surface area contributed by atoms with Gasteiger partial charge in [0.1, 0.15) is 11.4 Å². The molecule has 2 aromatic heterocycles. The Morgan fingerprint density at radius 2 is 1.79 bits per heavy atom. The van der Waals surface area contributed by atoms with E-state index in [1.54, 1.807) is 28.8 Å². The van der Waals surface area contributed by atoms with Crippen molar-refractivity contribution >= 4 is 34.3 Å². The smallest absolute Gasteiger partial charge is 0.332 e. The first-order valence-electron chi connectivity index (χ1n) is 10.8. The monoisotopic (exact) mass is 471 g/mol. The van der Waals surface area contributed by atoms with Crippen molar-refractivity contribution in [3.05, 3.63) is 61.0 Å². The van der Waals surface area contributed by atoms with Gasteiger partial charge in [0.2, 0.25) is 0 Å². The van der Waals surface area contributed by atoms with Crippen LogP contribution in [-0.4, -0.2) is 30.2 Å². The number of carbonyl (C=O) groups excluding carboxylic acids is 1. The van der Waals surface area contributed by atoms with Gasteiger partial charge in [-0.1, -0.05) is 44.7 Å². The van der Waals surface area contributed by atoms with Gasteiger partial charge in [-0.3, -0.25) is 28.1 Å². The lowest BCUT2D eigenvalue weighted by Crippen LogP contribution is -2.43. The second-order valence-electron chi connectivity index (χ2n) is 8.47. The quantitative estimate of drug-likeness (QED) is 0.304. The number of fused-ring (bicyclic) bond motifs is 1. The fourth-order valence-corrected chi connectivity index (χ4v) is 4.56. The minimum atomic E-state index is -0.728. The Morgan fingerprint density at radius 3 is 2.42 bits per heavy atom. The number of nitrogens with two attached hydrogens (primary N) is 1. The molecule has 0 spiro atoms. The van der Waals surface area contributed by atoms with Crippen LogP contribution in [0.1, 0.15) is 50.5 Å². The van der Waals surface area contributed by atoms with E-state index in [1.165, 1.54) is 11.6 Å². The highest BCUT2D eigenvalue weighted by Crippen LogP contribution is 2.23. The number of hydrogen-bond acceptors (Lipinski definition) is 7. The molecule has 10 heteroatoms. The van der Waals surface area contributed by atoms with Gasteiger partial charge >= 0.3 is 5.69 Å². The molecule has 0 bridgehead atoms. The van der Waals surface area contributed by atoms with Crippen LogP contribution in [0.15, 0.2) is 43.8 Å².